The molecule has 0 spiro atoms. The van der Waals surface area contributed by atoms with E-state index in [0.717, 1.165) is 11.1 Å². The van der Waals surface area contributed by atoms with Crippen LogP contribution in [0.3, 0.4) is 0 Å². The number of rotatable bonds is 6. The predicted octanol–water partition coefficient (Wildman–Crippen LogP) is 4.26. The molecule has 0 aliphatic carbocycles. The number of aromatic nitrogens is 2. The molecule has 0 unspecified atom stereocenters. The second-order valence-electron chi connectivity index (χ2n) is 6.18. The van der Waals surface area contributed by atoms with E-state index in [1.165, 1.54) is 6.33 Å². The van der Waals surface area contributed by atoms with E-state index in [2.05, 4.69) is 42.1 Å². The van der Waals surface area contributed by atoms with Crippen LogP contribution in [-0.2, 0) is 0 Å². The molecule has 3 N–H and O–H groups in total. The van der Waals surface area contributed by atoms with Gasteiger partial charge in [-0.3, -0.25) is 25.8 Å². The second-order valence-corrected chi connectivity index (χ2v) is 7.03. The third kappa shape index (κ3) is 4.66. The molecule has 29 heavy (non-hydrogen) atoms. The fraction of sp³-hybridized carbons (Fsp3) is 0.105. The van der Waals surface area contributed by atoms with Crippen molar-refractivity contribution in [1.29, 1.82) is 0 Å². The van der Waals surface area contributed by atoms with Gasteiger partial charge in [-0.05, 0) is 59.1 Å². The number of amides is 1. The monoisotopic (exact) mass is 456 g/mol. The number of hydrazine groups is 1. The summed E-state index contributed by atoms with van der Waals surface area (Å²) in [5.74, 6) is -0.607. The Morgan fingerprint density at radius 1 is 1.10 bits per heavy atom. The summed E-state index contributed by atoms with van der Waals surface area (Å²) in [5.41, 5.74) is 7.51. The number of carbonyl (C=O) groups is 1. The Balaban J connectivity index is 1.87. The van der Waals surface area contributed by atoms with E-state index in [0.29, 0.717) is 15.7 Å². The molecule has 3 rings (SSSR count). The number of nitrogens with one attached hydrogen (secondary N) is 3. The normalized spacial score (nSPS) is 10.3. The van der Waals surface area contributed by atoms with Crippen molar-refractivity contribution in [2.45, 2.75) is 13.8 Å². The third-order valence-corrected chi connectivity index (χ3v) is 4.76. The Hall–Kier alpha value is -3.53. The molecule has 0 bridgehead atoms. The maximum atomic E-state index is 12.3. The molecule has 148 valence electrons. The van der Waals surface area contributed by atoms with Crippen molar-refractivity contribution >= 4 is 44.8 Å². The van der Waals surface area contributed by atoms with E-state index >= 15 is 0 Å². The topological polar surface area (TPSA) is 122 Å². The zero-order valence-corrected chi connectivity index (χ0v) is 17.1. The second kappa shape index (κ2) is 8.65. The fourth-order valence-electron chi connectivity index (χ4n) is 2.56. The number of aryl methyl sites for hydroxylation is 2. The highest BCUT2D eigenvalue weighted by molar-refractivity contribution is 9.10. The van der Waals surface area contributed by atoms with Gasteiger partial charge in [0.1, 0.15) is 6.33 Å². The van der Waals surface area contributed by atoms with E-state index in [9.17, 15) is 14.9 Å². The first-order valence-corrected chi connectivity index (χ1v) is 9.30. The summed E-state index contributed by atoms with van der Waals surface area (Å²) < 4.78 is 0.591. The van der Waals surface area contributed by atoms with Crippen LogP contribution in [0, 0.1) is 24.0 Å². The molecule has 0 saturated heterocycles. The van der Waals surface area contributed by atoms with Gasteiger partial charge in [-0.1, -0.05) is 24.3 Å². The highest BCUT2D eigenvalue weighted by Crippen LogP contribution is 2.32. The van der Waals surface area contributed by atoms with Gasteiger partial charge in [0.25, 0.3) is 5.91 Å². The molecule has 1 amide bonds. The SMILES string of the molecule is Cc1ccc(C)c(Nc2ncnc(NNC(=O)c3ccccc3Br)c2[N+](=O)[O-])c1. The summed E-state index contributed by atoms with van der Waals surface area (Å²) >= 11 is 3.29. The minimum Gasteiger partial charge on any atom is -0.334 e. The van der Waals surface area contributed by atoms with Gasteiger partial charge in [0.2, 0.25) is 11.6 Å². The summed E-state index contributed by atoms with van der Waals surface area (Å²) in [7, 11) is 0. The quantitative estimate of drug-likeness (QED) is 0.373. The zero-order chi connectivity index (χ0) is 21.0. The number of hydrogen-bond acceptors (Lipinski definition) is 7. The molecule has 2 aromatic carbocycles. The van der Waals surface area contributed by atoms with Gasteiger partial charge in [-0.15, -0.1) is 0 Å². The van der Waals surface area contributed by atoms with Crippen LogP contribution in [0.4, 0.5) is 23.0 Å². The Bertz CT molecular complexity index is 1090. The first-order valence-electron chi connectivity index (χ1n) is 8.51. The maximum absolute atomic E-state index is 12.3. The predicted molar refractivity (Wildman–Crippen MR) is 113 cm³/mol. The molecule has 10 heteroatoms. The van der Waals surface area contributed by atoms with Gasteiger partial charge in [-0.25, -0.2) is 9.97 Å². The molecular formula is C19H17BrN6O3. The third-order valence-electron chi connectivity index (χ3n) is 4.06. The number of nitrogens with zero attached hydrogens (tertiary/aromatic N) is 3. The smallest absolute Gasteiger partial charge is 0.334 e. The lowest BCUT2D eigenvalue weighted by atomic mass is 10.1. The Morgan fingerprint density at radius 2 is 1.83 bits per heavy atom. The molecule has 9 nitrogen and oxygen atoms in total. The van der Waals surface area contributed by atoms with Crippen LogP contribution < -0.4 is 16.2 Å². The maximum Gasteiger partial charge on any atom is 0.355 e. The number of nitro groups is 1. The van der Waals surface area contributed by atoms with Gasteiger partial charge in [-0.2, -0.15) is 0 Å². The molecule has 0 saturated carbocycles. The van der Waals surface area contributed by atoms with Gasteiger partial charge >= 0.3 is 5.69 Å². The van der Waals surface area contributed by atoms with E-state index < -0.39 is 10.8 Å². The Morgan fingerprint density at radius 3 is 2.55 bits per heavy atom. The van der Waals surface area contributed by atoms with Crippen molar-refractivity contribution in [3.63, 3.8) is 0 Å². The molecule has 0 atom stereocenters. The highest BCUT2D eigenvalue weighted by Gasteiger charge is 2.24. The van der Waals surface area contributed by atoms with Crippen LogP contribution in [0.25, 0.3) is 0 Å². The van der Waals surface area contributed by atoms with Crippen LogP contribution in [0.15, 0.2) is 53.3 Å². The lowest BCUT2D eigenvalue weighted by Crippen LogP contribution is -2.30. The number of hydrogen-bond donors (Lipinski definition) is 3. The average molecular weight is 457 g/mol. The van der Waals surface area contributed by atoms with E-state index in [1.807, 2.05) is 32.0 Å². The van der Waals surface area contributed by atoms with Crippen molar-refractivity contribution < 1.29 is 9.72 Å². The van der Waals surface area contributed by atoms with E-state index in [-0.39, 0.29) is 17.3 Å². The van der Waals surface area contributed by atoms with Crippen molar-refractivity contribution in [3.05, 3.63) is 80.1 Å². The minimum atomic E-state index is -0.611. The summed E-state index contributed by atoms with van der Waals surface area (Å²) in [6, 6.07) is 12.5. The molecule has 0 fully saturated rings. The van der Waals surface area contributed by atoms with Gasteiger partial charge in [0.15, 0.2) is 0 Å². The summed E-state index contributed by atoms with van der Waals surface area (Å²) in [6.07, 6.45) is 1.17. The lowest BCUT2D eigenvalue weighted by Gasteiger charge is -2.13. The van der Waals surface area contributed by atoms with Crippen molar-refractivity contribution in [2.24, 2.45) is 0 Å². The van der Waals surface area contributed by atoms with Gasteiger partial charge < -0.3 is 5.32 Å². The summed E-state index contributed by atoms with van der Waals surface area (Å²) in [5, 5.41) is 14.7. The van der Waals surface area contributed by atoms with Gasteiger partial charge in [0, 0.05) is 10.2 Å². The molecule has 0 aliphatic heterocycles. The van der Waals surface area contributed by atoms with Crippen LogP contribution in [-0.4, -0.2) is 20.8 Å². The van der Waals surface area contributed by atoms with Crippen molar-refractivity contribution in [3.8, 4) is 0 Å². The van der Waals surface area contributed by atoms with Crippen LogP contribution in [0.2, 0.25) is 0 Å². The Kier molecular flexibility index (Phi) is 6.03. The van der Waals surface area contributed by atoms with Crippen LogP contribution in [0.1, 0.15) is 21.5 Å². The molecule has 0 aliphatic rings. The number of carbonyl (C=O) groups excluding carboxylic acids is 1. The average Bonchev–Trinajstić information content (AvgIpc) is 2.69. The van der Waals surface area contributed by atoms with Gasteiger partial charge in [0.05, 0.1) is 10.5 Å². The van der Waals surface area contributed by atoms with E-state index in [1.54, 1.807) is 24.3 Å². The highest BCUT2D eigenvalue weighted by atomic mass is 79.9. The summed E-state index contributed by atoms with van der Waals surface area (Å²) in [4.78, 5) is 31.3. The first kappa shape index (κ1) is 20.2. The van der Waals surface area contributed by atoms with Crippen molar-refractivity contribution in [1.82, 2.24) is 15.4 Å². The standard InChI is InChI=1S/C19H17BrN6O3/c1-11-7-8-12(2)15(9-11)23-17-16(26(28)29)18(22-10-21-17)24-25-19(27)13-5-3-4-6-14(13)20/h3-10H,1-2H3,(H,25,27)(H2,21,22,23,24). The van der Waals surface area contributed by atoms with Crippen molar-refractivity contribution in [2.75, 3.05) is 10.7 Å². The Labute approximate surface area is 174 Å². The molecule has 1 heterocycles. The fourth-order valence-corrected chi connectivity index (χ4v) is 3.03. The lowest BCUT2D eigenvalue weighted by molar-refractivity contribution is -0.383. The number of anilines is 3. The van der Waals surface area contributed by atoms with E-state index in [4.69, 9.17) is 0 Å². The first-order chi connectivity index (χ1) is 13.9. The number of benzene rings is 2. The summed E-state index contributed by atoms with van der Waals surface area (Å²) in [6.45, 7) is 3.80. The molecule has 3 aromatic rings. The van der Waals surface area contributed by atoms with Crippen LogP contribution >= 0.6 is 15.9 Å². The number of halogens is 1. The molecular weight excluding hydrogens is 440 g/mol. The largest absolute Gasteiger partial charge is 0.355 e. The molecule has 0 radical (unpaired) electrons. The van der Waals surface area contributed by atoms with Crippen LogP contribution in [0.5, 0.6) is 0 Å². The zero-order valence-electron chi connectivity index (χ0n) is 15.6. The minimum absolute atomic E-state index is 0.0105. The molecule has 1 aromatic heterocycles.